The van der Waals surface area contributed by atoms with Gasteiger partial charge in [0.25, 0.3) is 0 Å². The van der Waals surface area contributed by atoms with Crippen molar-refractivity contribution in [2.75, 3.05) is 13.2 Å². The maximum atomic E-state index is 13.9. The van der Waals surface area contributed by atoms with Gasteiger partial charge < -0.3 is 15.2 Å². The molecule has 1 fully saturated rings. The Bertz CT molecular complexity index is 427. The van der Waals surface area contributed by atoms with E-state index in [2.05, 4.69) is 5.32 Å². The molecule has 0 amide bonds. The van der Waals surface area contributed by atoms with Gasteiger partial charge in [0.15, 0.2) is 17.4 Å². The molecule has 5 heteroatoms. The molecule has 0 spiro atoms. The average molecular weight is 299 g/mol. The molecule has 0 bridgehead atoms. The van der Waals surface area contributed by atoms with Crippen molar-refractivity contribution in [2.45, 2.75) is 51.1 Å². The molecule has 2 N–H and O–H groups in total. The molecular formula is C16H23F2NO2. The summed E-state index contributed by atoms with van der Waals surface area (Å²) >= 11 is 0. The number of rotatable bonds is 10. The Morgan fingerprint density at radius 3 is 2.38 bits per heavy atom. The Morgan fingerprint density at radius 1 is 1.10 bits per heavy atom. The van der Waals surface area contributed by atoms with Crippen molar-refractivity contribution >= 4 is 0 Å². The van der Waals surface area contributed by atoms with Gasteiger partial charge >= 0.3 is 0 Å². The molecule has 21 heavy (non-hydrogen) atoms. The molecule has 2 rings (SSSR count). The summed E-state index contributed by atoms with van der Waals surface area (Å²) < 4.78 is 32.9. The van der Waals surface area contributed by atoms with Crippen molar-refractivity contribution < 1.29 is 18.6 Å². The number of hydrogen-bond acceptors (Lipinski definition) is 3. The van der Waals surface area contributed by atoms with Crippen molar-refractivity contribution in [3.63, 3.8) is 0 Å². The number of benzene rings is 1. The number of unbranched alkanes of at least 4 members (excludes halogenated alkanes) is 3. The van der Waals surface area contributed by atoms with Crippen LogP contribution < -0.4 is 10.1 Å². The van der Waals surface area contributed by atoms with E-state index in [1.54, 1.807) is 0 Å². The first-order chi connectivity index (χ1) is 10.2. The Morgan fingerprint density at radius 2 is 1.76 bits per heavy atom. The van der Waals surface area contributed by atoms with E-state index < -0.39 is 11.6 Å². The fourth-order valence-electron chi connectivity index (χ4n) is 2.14. The van der Waals surface area contributed by atoms with Gasteiger partial charge in [-0.15, -0.1) is 0 Å². The van der Waals surface area contributed by atoms with Gasteiger partial charge in [0.05, 0.1) is 6.61 Å². The number of aliphatic hydroxyl groups is 1. The first-order valence-electron chi connectivity index (χ1n) is 7.65. The molecule has 1 aromatic carbocycles. The van der Waals surface area contributed by atoms with Gasteiger partial charge in [0, 0.05) is 19.2 Å². The first-order valence-corrected chi connectivity index (χ1v) is 7.65. The minimum absolute atomic E-state index is 0.181. The third kappa shape index (κ3) is 5.59. The van der Waals surface area contributed by atoms with E-state index in [0.717, 1.165) is 38.5 Å². The third-order valence-electron chi connectivity index (χ3n) is 3.53. The van der Waals surface area contributed by atoms with Crippen LogP contribution in [0.3, 0.4) is 0 Å². The number of nitrogens with one attached hydrogen (secondary N) is 1. The highest BCUT2D eigenvalue weighted by atomic mass is 19.1. The quantitative estimate of drug-likeness (QED) is 0.652. The number of aliphatic hydroxyl groups excluding tert-OH is 1. The van der Waals surface area contributed by atoms with Gasteiger partial charge in [0.1, 0.15) is 0 Å². The van der Waals surface area contributed by atoms with Crippen LogP contribution in [-0.2, 0) is 6.54 Å². The molecule has 1 saturated carbocycles. The molecule has 3 nitrogen and oxygen atoms in total. The Balaban J connectivity index is 1.78. The predicted octanol–water partition coefficient (Wildman–Crippen LogP) is 3.15. The van der Waals surface area contributed by atoms with Crippen LogP contribution in [0.15, 0.2) is 12.1 Å². The highest BCUT2D eigenvalue weighted by molar-refractivity contribution is 5.31. The SMILES string of the molecule is OCCCCCCOc1c(F)cc(CNC2CC2)cc1F. The topological polar surface area (TPSA) is 41.5 Å². The summed E-state index contributed by atoms with van der Waals surface area (Å²) in [5, 5.41) is 11.9. The third-order valence-corrected chi connectivity index (χ3v) is 3.53. The van der Waals surface area contributed by atoms with Crippen LogP contribution in [0.2, 0.25) is 0 Å². The van der Waals surface area contributed by atoms with Gasteiger partial charge in [0.2, 0.25) is 0 Å². The van der Waals surface area contributed by atoms with E-state index >= 15 is 0 Å². The molecule has 118 valence electrons. The van der Waals surface area contributed by atoms with Gasteiger partial charge in [-0.25, -0.2) is 8.78 Å². The monoisotopic (exact) mass is 299 g/mol. The van der Waals surface area contributed by atoms with Crippen LogP contribution >= 0.6 is 0 Å². The zero-order valence-corrected chi connectivity index (χ0v) is 12.2. The van der Waals surface area contributed by atoms with Crippen LogP contribution in [0.1, 0.15) is 44.1 Å². The van der Waals surface area contributed by atoms with Crippen LogP contribution in [0.25, 0.3) is 0 Å². The van der Waals surface area contributed by atoms with Gasteiger partial charge in [-0.3, -0.25) is 0 Å². The fraction of sp³-hybridized carbons (Fsp3) is 0.625. The lowest BCUT2D eigenvalue weighted by molar-refractivity contribution is 0.263. The molecule has 0 radical (unpaired) electrons. The molecular weight excluding hydrogens is 276 g/mol. The summed E-state index contributed by atoms with van der Waals surface area (Å²) in [6.45, 7) is 0.958. The molecule has 0 saturated heterocycles. The summed E-state index contributed by atoms with van der Waals surface area (Å²) in [6.07, 6.45) is 5.55. The molecule has 1 aliphatic rings. The van der Waals surface area contributed by atoms with Crippen LogP contribution in [0.4, 0.5) is 8.78 Å². The molecule has 0 atom stereocenters. The maximum absolute atomic E-state index is 13.9. The lowest BCUT2D eigenvalue weighted by Gasteiger charge is -2.10. The lowest BCUT2D eigenvalue weighted by atomic mass is 10.2. The molecule has 0 aliphatic heterocycles. The van der Waals surface area contributed by atoms with E-state index in [1.807, 2.05) is 0 Å². The zero-order valence-electron chi connectivity index (χ0n) is 12.2. The van der Waals surface area contributed by atoms with Crippen molar-refractivity contribution in [3.05, 3.63) is 29.3 Å². The van der Waals surface area contributed by atoms with E-state index in [4.69, 9.17) is 9.84 Å². The highest BCUT2D eigenvalue weighted by Gasteiger charge is 2.20. The zero-order chi connectivity index (χ0) is 15.1. The van der Waals surface area contributed by atoms with E-state index in [-0.39, 0.29) is 12.4 Å². The standard InChI is InChI=1S/C16H23F2NO2/c17-14-9-12(11-19-13-5-6-13)10-15(18)16(14)21-8-4-2-1-3-7-20/h9-10,13,19-20H,1-8,11H2. The predicted molar refractivity (Wildman–Crippen MR) is 77.3 cm³/mol. The highest BCUT2D eigenvalue weighted by Crippen LogP contribution is 2.25. The molecule has 0 aromatic heterocycles. The molecule has 1 aromatic rings. The minimum Gasteiger partial charge on any atom is -0.488 e. The second-order valence-corrected chi connectivity index (χ2v) is 5.53. The van der Waals surface area contributed by atoms with Crippen molar-refractivity contribution in [1.82, 2.24) is 5.32 Å². The lowest BCUT2D eigenvalue weighted by Crippen LogP contribution is -2.15. The van der Waals surface area contributed by atoms with Gasteiger partial charge in [-0.05, 0) is 49.8 Å². The number of hydrogen-bond donors (Lipinski definition) is 2. The number of halogens is 2. The van der Waals surface area contributed by atoms with E-state index in [1.165, 1.54) is 12.1 Å². The second kappa shape index (κ2) is 8.29. The largest absolute Gasteiger partial charge is 0.488 e. The summed E-state index contributed by atoms with van der Waals surface area (Å²) in [6, 6.07) is 3.17. The van der Waals surface area contributed by atoms with Crippen LogP contribution in [-0.4, -0.2) is 24.4 Å². The summed E-state index contributed by atoms with van der Waals surface area (Å²) in [5.41, 5.74) is 0.604. The fourth-order valence-corrected chi connectivity index (χ4v) is 2.14. The van der Waals surface area contributed by atoms with Crippen molar-refractivity contribution in [1.29, 1.82) is 0 Å². The molecule has 0 heterocycles. The van der Waals surface area contributed by atoms with Gasteiger partial charge in [-0.2, -0.15) is 0 Å². The first kappa shape index (κ1) is 16.2. The molecule has 0 unspecified atom stereocenters. The smallest absolute Gasteiger partial charge is 0.190 e. The van der Waals surface area contributed by atoms with Crippen molar-refractivity contribution in [3.8, 4) is 5.75 Å². The van der Waals surface area contributed by atoms with Gasteiger partial charge in [-0.1, -0.05) is 6.42 Å². The second-order valence-electron chi connectivity index (χ2n) is 5.53. The Labute approximate surface area is 124 Å². The average Bonchev–Trinajstić information content (AvgIpc) is 3.27. The maximum Gasteiger partial charge on any atom is 0.190 e. The van der Waals surface area contributed by atoms with E-state index in [9.17, 15) is 8.78 Å². The normalized spacial score (nSPS) is 14.4. The molecule has 1 aliphatic carbocycles. The summed E-state index contributed by atoms with van der Waals surface area (Å²) in [7, 11) is 0. The Kier molecular flexibility index (Phi) is 6.39. The minimum atomic E-state index is -0.641. The van der Waals surface area contributed by atoms with Crippen LogP contribution in [0, 0.1) is 11.6 Å². The number of ether oxygens (including phenoxy) is 1. The van der Waals surface area contributed by atoms with Crippen molar-refractivity contribution in [2.24, 2.45) is 0 Å². The van der Waals surface area contributed by atoms with Crippen LogP contribution in [0.5, 0.6) is 5.75 Å². The summed E-state index contributed by atoms with van der Waals surface area (Å²) in [4.78, 5) is 0. The van der Waals surface area contributed by atoms with E-state index in [0.29, 0.717) is 24.8 Å². The summed E-state index contributed by atoms with van der Waals surface area (Å²) in [5.74, 6) is -1.57. The Hall–Kier alpha value is -1.20.